The maximum atomic E-state index is 5.53. The van der Waals surface area contributed by atoms with Crippen LogP contribution < -0.4 is 5.73 Å². The Bertz CT molecular complexity index is 404. The third-order valence-corrected chi connectivity index (χ3v) is 2.19. The molecular weight excluding hydrogens is 160 g/mol. The zero-order chi connectivity index (χ0) is 9.10. The summed E-state index contributed by atoms with van der Waals surface area (Å²) in [6, 6.07) is 8.29. The fourth-order valence-corrected chi connectivity index (χ4v) is 1.55. The average molecular weight is 172 g/mol. The van der Waals surface area contributed by atoms with Crippen LogP contribution in [0.1, 0.15) is 5.56 Å². The molecule has 0 aliphatic rings. The van der Waals surface area contributed by atoms with Crippen molar-refractivity contribution in [2.45, 2.75) is 6.42 Å². The van der Waals surface area contributed by atoms with Gasteiger partial charge < -0.3 is 5.73 Å². The molecule has 2 aromatic rings. The van der Waals surface area contributed by atoms with Crippen LogP contribution in [0.5, 0.6) is 0 Å². The summed E-state index contributed by atoms with van der Waals surface area (Å²) in [5, 5.41) is 2.46. The van der Waals surface area contributed by atoms with E-state index in [2.05, 4.69) is 23.2 Å². The molecule has 0 radical (unpaired) electrons. The Morgan fingerprint density at radius 1 is 1.23 bits per heavy atom. The maximum Gasteiger partial charge on any atom is 0.0349 e. The number of pyridine rings is 1. The fraction of sp³-hybridized carbons (Fsp3) is 0.182. The molecule has 2 heteroatoms. The van der Waals surface area contributed by atoms with E-state index in [9.17, 15) is 0 Å². The second kappa shape index (κ2) is 3.54. The number of nitrogens with zero attached hydrogens (tertiary/aromatic N) is 1. The van der Waals surface area contributed by atoms with Crippen LogP contribution in [0.4, 0.5) is 0 Å². The van der Waals surface area contributed by atoms with Crippen molar-refractivity contribution in [2.75, 3.05) is 6.54 Å². The van der Waals surface area contributed by atoms with Crippen molar-refractivity contribution in [1.29, 1.82) is 0 Å². The van der Waals surface area contributed by atoms with Gasteiger partial charge >= 0.3 is 0 Å². The molecule has 0 atom stereocenters. The van der Waals surface area contributed by atoms with Crippen LogP contribution >= 0.6 is 0 Å². The number of aromatic nitrogens is 1. The lowest BCUT2D eigenvalue weighted by Crippen LogP contribution is -2.02. The molecule has 0 bridgehead atoms. The molecule has 1 heterocycles. The Labute approximate surface area is 77.4 Å². The largest absolute Gasteiger partial charge is 0.330 e. The van der Waals surface area contributed by atoms with Crippen molar-refractivity contribution in [3.05, 3.63) is 42.2 Å². The first-order chi connectivity index (χ1) is 6.42. The Balaban J connectivity index is 2.61. The van der Waals surface area contributed by atoms with Gasteiger partial charge in [-0.25, -0.2) is 0 Å². The van der Waals surface area contributed by atoms with E-state index in [4.69, 9.17) is 5.73 Å². The molecule has 2 N–H and O–H groups in total. The zero-order valence-corrected chi connectivity index (χ0v) is 7.40. The van der Waals surface area contributed by atoms with Gasteiger partial charge in [-0.05, 0) is 30.0 Å². The zero-order valence-electron chi connectivity index (χ0n) is 7.40. The van der Waals surface area contributed by atoms with Gasteiger partial charge in [0.1, 0.15) is 0 Å². The Morgan fingerprint density at radius 2 is 2.15 bits per heavy atom. The molecule has 0 saturated heterocycles. The summed E-state index contributed by atoms with van der Waals surface area (Å²) >= 11 is 0. The quantitative estimate of drug-likeness (QED) is 0.749. The van der Waals surface area contributed by atoms with Gasteiger partial charge in [0, 0.05) is 17.8 Å². The SMILES string of the molecule is NCCc1cccc2ccncc12. The lowest BCUT2D eigenvalue weighted by Gasteiger charge is -2.03. The molecule has 66 valence electrons. The topological polar surface area (TPSA) is 38.9 Å². The summed E-state index contributed by atoms with van der Waals surface area (Å²) in [5.74, 6) is 0. The third kappa shape index (κ3) is 1.53. The van der Waals surface area contributed by atoms with Crippen molar-refractivity contribution in [3.63, 3.8) is 0 Å². The second-order valence-corrected chi connectivity index (χ2v) is 3.05. The molecule has 1 aromatic carbocycles. The monoisotopic (exact) mass is 172 g/mol. The van der Waals surface area contributed by atoms with E-state index < -0.39 is 0 Å². The van der Waals surface area contributed by atoms with Gasteiger partial charge in [0.25, 0.3) is 0 Å². The van der Waals surface area contributed by atoms with Gasteiger partial charge in [0.15, 0.2) is 0 Å². The maximum absolute atomic E-state index is 5.53. The lowest BCUT2D eigenvalue weighted by molar-refractivity contribution is 0.976. The van der Waals surface area contributed by atoms with Gasteiger partial charge in [-0.1, -0.05) is 18.2 Å². The molecule has 2 nitrogen and oxygen atoms in total. The van der Waals surface area contributed by atoms with E-state index in [1.54, 1.807) is 0 Å². The first-order valence-corrected chi connectivity index (χ1v) is 4.43. The molecular formula is C11H12N2. The van der Waals surface area contributed by atoms with Gasteiger partial charge in [-0.2, -0.15) is 0 Å². The highest BCUT2D eigenvalue weighted by molar-refractivity contribution is 5.84. The number of hydrogen-bond acceptors (Lipinski definition) is 2. The highest BCUT2D eigenvalue weighted by Crippen LogP contribution is 2.17. The first-order valence-electron chi connectivity index (χ1n) is 4.43. The standard InChI is InChI=1S/C11H12N2/c12-6-4-9-2-1-3-10-5-7-13-8-11(9)10/h1-3,5,7-8H,4,6,12H2. The number of benzene rings is 1. The van der Waals surface area contributed by atoms with Crippen molar-refractivity contribution in [2.24, 2.45) is 5.73 Å². The van der Waals surface area contributed by atoms with Gasteiger partial charge in [0.2, 0.25) is 0 Å². The summed E-state index contributed by atoms with van der Waals surface area (Å²) in [4.78, 5) is 4.11. The van der Waals surface area contributed by atoms with E-state index in [1.807, 2.05) is 18.5 Å². The average Bonchev–Trinajstić information content (AvgIpc) is 2.19. The summed E-state index contributed by atoms with van der Waals surface area (Å²) in [7, 11) is 0. The molecule has 13 heavy (non-hydrogen) atoms. The predicted molar refractivity (Wildman–Crippen MR) is 54.5 cm³/mol. The molecule has 0 aliphatic carbocycles. The highest BCUT2D eigenvalue weighted by atomic mass is 14.6. The highest BCUT2D eigenvalue weighted by Gasteiger charge is 1.98. The molecule has 0 amide bonds. The van der Waals surface area contributed by atoms with Crippen LogP contribution in [0, 0.1) is 0 Å². The normalized spacial score (nSPS) is 10.5. The third-order valence-electron chi connectivity index (χ3n) is 2.19. The smallest absolute Gasteiger partial charge is 0.0349 e. The van der Waals surface area contributed by atoms with Crippen molar-refractivity contribution < 1.29 is 0 Å². The van der Waals surface area contributed by atoms with Crippen LogP contribution in [0.3, 0.4) is 0 Å². The summed E-state index contributed by atoms with van der Waals surface area (Å²) < 4.78 is 0. The molecule has 0 fully saturated rings. The molecule has 0 spiro atoms. The lowest BCUT2D eigenvalue weighted by atomic mass is 10.0. The number of fused-ring (bicyclic) bond motifs is 1. The molecule has 0 saturated carbocycles. The predicted octanol–water partition coefficient (Wildman–Crippen LogP) is 1.74. The first kappa shape index (κ1) is 8.20. The van der Waals surface area contributed by atoms with Crippen molar-refractivity contribution in [3.8, 4) is 0 Å². The number of hydrogen-bond donors (Lipinski definition) is 1. The molecule has 0 aliphatic heterocycles. The van der Waals surface area contributed by atoms with E-state index in [1.165, 1.54) is 16.3 Å². The number of rotatable bonds is 2. The van der Waals surface area contributed by atoms with E-state index in [0.717, 1.165) is 6.42 Å². The minimum absolute atomic E-state index is 0.688. The van der Waals surface area contributed by atoms with Crippen LogP contribution in [0.15, 0.2) is 36.7 Å². The minimum Gasteiger partial charge on any atom is -0.330 e. The molecule has 1 aromatic heterocycles. The summed E-state index contributed by atoms with van der Waals surface area (Å²) in [5.41, 5.74) is 6.82. The van der Waals surface area contributed by atoms with Crippen molar-refractivity contribution >= 4 is 10.8 Å². The van der Waals surface area contributed by atoms with Gasteiger partial charge in [0.05, 0.1) is 0 Å². The molecule has 0 unspecified atom stereocenters. The molecule has 2 rings (SSSR count). The Morgan fingerprint density at radius 3 is 3.00 bits per heavy atom. The summed E-state index contributed by atoms with van der Waals surface area (Å²) in [6.45, 7) is 0.688. The fourth-order valence-electron chi connectivity index (χ4n) is 1.55. The van der Waals surface area contributed by atoms with Crippen LogP contribution in [0.25, 0.3) is 10.8 Å². The van der Waals surface area contributed by atoms with Gasteiger partial charge in [-0.15, -0.1) is 0 Å². The van der Waals surface area contributed by atoms with Crippen LogP contribution in [0.2, 0.25) is 0 Å². The second-order valence-electron chi connectivity index (χ2n) is 3.05. The number of nitrogens with two attached hydrogens (primary N) is 1. The van der Waals surface area contributed by atoms with E-state index in [-0.39, 0.29) is 0 Å². The minimum atomic E-state index is 0.688. The van der Waals surface area contributed by atoms with Crippen LogP contribution in [-0.4, -0.2) is 11.5 Å². The Hall–Kier alpha value is -1.41. The van der Waals surface area contributed by atoms with Gasteiger partial charge in [-0.3, -0.25) is 4.98 Å². The van der Waals surface area contributed by atoms with E-state index in [0.29, 0.717) is 6.54 Å². The van der Waals surface area contributed by atoms with Crippen molar-refractivity contribution in [1.82, 2.24) is 4.98 Å². The Kier molecular flexibility index (Phi) is 2.23. The van der Waals surface area contributed by atoms with E-state index >= 15 is 0 Å². The van der Waals surface area contributed by atoms with Crippen LogP contribution in [-0.2, 0) is 6.42 Å². The summed E-state index contributed by atoms with van der Waals surface area (Å²) in [6.07, 6.45) is 4.64.